The number of rotatable bonds is 4. The minimum absolute atomic E-state index is 0.0750. The van der Waals surface area contributed by atoms with Crippen molar-refractivity contribution < 1.29 is 9.53 Å². The maximum atomic E-state index is 12.7. The van der Waals surface area contributed by atoms with E-state index in [0.29, 0.717) is 24.8 Å². The van der Waals surface area contributed by atoms with Gasteiger partial charge in [0.25, 0.3) is 5.91 Å². The highest BCUT2D eigenvalue weighted by Gasteiger charge is 2.23. The first kappa shape index (κ1) is 16.8. The normalized spacial score (nSPS) is 18.2. The van der Waals surface area contributed by atoms with Gasteiger partial charge in [0.2, 0.25) is 5.95 Å². The second kappa shape index (κ2) is 7.72. The first-order chi connectivity index (χ1) is 12.8. The number of anilines is 1. The molecule has 2 aromatic rings. The van der Waals surface area contributed by atoms with Crippen molar-refractivity contribution in [1.29, 1.82) is 0 Å². The van der Waals surface area contributed by atoms with Crippen LogP contribution in [0.1, 0.15) is 36.0 Å². The van der Waals surface area contributed by atoms with Crippen LogP contribution in [0.4, 0.5) is 5.95 Å². The predicted octanol–water partition coefficient (Wildman–Crippen LogP) is 2.76. The second-order valence-electron chi connectivity index (χ2n) is 6.88. The Labute approximate surface area is 153 Å². The van der Waals surface area contributed by atoms with Gasteiger partial charge in [0.1, 0.15) is 5.75 Å². The zero-order valence-corrected chi connectivity index (χ0v) is 14.9. The smallest absolute Gasteiger partial charge is 0.253 e. The Morgan fingerprint density at radius 2 is 1.62 bits per heavy atom. The van der Waals surface area contributed by atoms with E-state index in [1.807, 2.05) is 35.2 Å². The van der Waals surface area contributed by atoms with Crippen LogP contribution in [0.15, 0.2) is 42.7 Å². The van der Waals surface area contributed by atoms with Crippen LogP contribution in [-0.2, 0) is 0 Å². The standard InChI is InChI=1S/C20H24N4O2/c25-19(16-6-8-18(9-7-16)26-17-4-1-2-5-17)23-12-14-24(15-13-23)20-21-10-3-11-22-20/h3,6-11,17H,1-2,4-5,12-15H2. The Bertz CT molecular complexity index is 721. The van der Waals surface area contributed by atoms with Crippen LogP contribution in [0.25, 0.3) is 0 Å². The van der Waals surface area contributed by atoms with Crippen LogP contribution in [0.5, 0.6) is 5.75 Å². The van der Waals surface area contributed by atoms with Gasteiger partial charge in [0.15, 0.2) is 0 Å². The lowest BCUT2D eigenvalue weighted by Crippen LogP contribution is -2.49. The molecular formula is C20H24N4O2. The monoisotopic (exact) mass is 352 g/mol. The lowest BCUT2D eigenvalue weighted by molar-refractivity contribution is 0.0746. The van der Waals surface area contributed by atoms with Crippen LogP contribution in [0.3, 0.4) is 0 Å². The Balaban J connectivity index is 1.33. The number of carbonyl (C=O) groups is 1. The Morgan fingerprint density at radius 3 is 2.27 bits per heavy atom. The minimum atomic E-state index is 0.0750. The number of aromatic nitrogens is 2. The molecule has 2 heterocycles. The Hall–Kier alpha value is -2.63. The van der Waals surface area contributed by atoms with E-state index in [0.717, 1.165) is 37.6 Å². The van der Waals surface area contributed by atoms with Gasteiger partial charge in [-0.3, -0.25) is 4.79 Å². The fraction of sp³-hybridized carbons (Fsp3) is 0.450. The molecule has 6 nitrogen and oxygen atoms in total. The average molecular weight is 352 g/mol. The zero-order chi connectivity index (χ0) is 17.8. The Kier molecular flexibility index (Phi) is 5.00. The summed E-state index contributed by atoms with van der Waals surface area (Å²) >= 11 is 0. The van der Waals surface area contributed by atoms with Crippen LogP contribution in [0, 0.1) is 0 Å². The zero-order valence-electron chi connectivity index (χ0n) is 14.9. The molecule has 0 radical (unpaired) electrons. The molecule has 0 N–H and O–H groups in total. The minimum Gasteiger partial charge on any atom is -0.490 e. The molecule has 1 aliphatic carbocycles. The third-order valence-electron chi connectivity index (χ3n) is 5.11. The van der Waals surface area contributed by atoms with Crippen molar-refractivity contribution >= 4 is 11.9 Å². The SMILES string of the molecule is O=C(c1ccc(OC2CCCC2)cc1)N1CCN(c2ncccn2)CC1. The molecule has 1 aliphatic heterocycles. The number of carbonyl (C=O) groups excluding carboxylic acids is 1. The van der Waals surface area contributed by atoms with E-state index < -0.39 is 0 Å². The summed E-state index contributed by atoms with van der Waals surface area (Å²) in [6.45, 7) is 2.85. The second-order valence-corrected chi connectivity index (χ2v) is 6.88. The highest BCUT2D eigenvalue weighted by molar-refractivity contribution is 5.94. The Morgan fingerprint density at radius 1 is 0.962 bits per heavy atom. The van der Waals surface area contributed by atoms with Crippen molar-refractivity contribution in [3.63, 3.8) is 0 Å². The first-order valence-corrected chi connectivity index (χ1v) is 9.37. The van der Waals surface area contributed by atoms with Crippen molar-refractivity contribution in [2.45, 2.75) is 31.8 Å². The molecule has 0 unspecified atom stereocenters. The molecule has 0 atom stereocenters. The van der Waals surface area contributed by atoms with E-state index >= 15 is 0 Å². The molecule has 26 heavy (non-hydrogen) atoms. The van der Waals surface area contributed by atoms with Crippen LogP contribution < -0.4 is 9.64 Å². The van der Waals surface area contributed by atoms with Crippen molar-refractivity contribution in [3.05, 3.63) is 48.3 Å². The topological polar surface area (TPSA) is 58.6 Å². The number of benzene rings is 1. The summed E-state index contributed by atoms with van der Waals surface area (Å²) in [6.07, 6.45) is 8.60. The molecule has 1 saturated heterocycles. The maximum Gasteiger partial charge on any atom is 0.253 e. The van der Waals surface area contributed by atoms with E-state index in [2.05, 4.69) is 14.9 Å². The van der Waals surface area contributed by atoms with Gasteiger partial charge in [0, 0.05) is 44.1 Å². The van der Waals surface area contributed by atoms with E-state index in [-0.39, 0.29) is 5.91 Å². The lowest BCUT2D eigenvalue weighted by atomic mass is 10.1. The average Bonchev–Trinajstić information content (AvgIpc) is 3.22. The number of amides is 1. The highest BCUT2D eigenvalue weighted by atomic mass is 16.5. The van der Waals surface area contributed by atoms with Crippen molar-refractivity contribution in [1.82, 2.24) is 14.9 Å². The van der Waals surface area contributed by atoms with Gasteiger partial charge in [-0.25, -0.2) is 9.97 Å². The number of hydrogen-bond donors (Lipinski definition) is 0. The third-order valence-corrected chi connectivity index (χ3v) is 5.11. The maximum absolute atomic E-state index is 12.7. The van der Waals surface area contributed by atoms with Crippen LogP contribution in [0.2, 0.25) is 0 Å². The molecule has 1 saturated carbocycles. The predicted molar refractivity (Wildman–Crippen MR) is 99.5 cm³/mol. The van der Waals surface area contributed by atoms with Gasteiger partial charge >= 0.3 is 0 Å². The molecule has 136 valence electrons. The van der Waals surface area contributed by atoms with Gasteiger partial charge < -0.3 is 14.5 Å². The fourth-order valence-corrected chi connectivity index (χ4v) is 3.62. The van der Waals surface area contributed by atoms with Crippen molar-refractivity contribution in [3.8, 4) is 5.75 Å². The summed E-state index contributed by atoms with van der Waals surface area (Å²) in [6, 6.07) is 9.39. The van der Waals surface area contributed by atoms with Crippen LogP contribution >= 0.6 is 0 Å². The van der Waals surface area contributed by atoms with E-state index in [9.17, 15) is 4.79 Å². The van der Waals surface area contributed by atoms with Gasteiger partial charge in [-0.15, -0.1) is 0 Å². The van der Waals surface area contributed by atoms with E-state index in [1.54, 1.807) is 12.4 Å². The number of ether oxygens (including phenoxy) is 1. The molecule has 6 heteroatoms. The van der Waals surface area contributed by atoms with Gasteiger partial charge in [0.05, 0.1) is 6.10 Å². The molecule has 1 aromatic carbocycles. The van der Waals surface area contributed by atoms with Crippen molar-refractivity contribution in [2.75, 3.05) is 31.1 Å². The first-order valence-electron chi connectivity index (χ1n) is 9.37. The van der Waals surface area contributed by atoms with Gasteiger partial charge in [-0.05, 0) is 56.0 Å². The molecule has 2 fully saturated rings. The van der Waals surface area contributed by atoms with Crippen molar-refractivity contribution in [2.24, 2.45) is 0 Å². The quantitative estimate of drug-likeness (QED) is 0.847. The summed E-state index contributed by atoms with van der Waals surface area (Å²) < 4.78 is 5.97. The summed E-state index contributed by atoms with van der Waals surface area (Å²) in [5, 5.41) is 0. The van der Waals surface area contributed by atoms with E-state index in [4.69, 9.17) is 4.74 Å². The summed E-state index contributed by atoms with van der Waals surface area (Å²) in [7, 11) is 0. The number of piperazine rings is 1. The molecular weight excluding hydrogens is 328 g/mol. The van der Waals surface area contributed by atoms with Crippen LogP contribution in [-0.4, -0.2) is 53.1 Å². The molecule has 2 aliphatic rings. The molecule has 0 bridgehead atoms. The number of hydrogen-bond acceptors (Lipinski definition) is 5. The molecule has 4 rings (SSSR count). The van der Waals surface area contributed by atoms with Gasteiger partial charge in [-0.1, -0.05) is 0 Å². The highest BCUT2D eigenvalue weighted by Crippen LogP contribution is 2.24. The third kappa shape index (κ3) is 3.79. The summed E-state index contributed by atoms with van der Waals surface area (Å²) in [5.41, 5.74) is 0.716. The number of nitrogens with zero attached hydrogens (tertiary/aromatic N) is 4. The summed E-state index contributed by atoms with van der Waals surface area (Å²) in [5.74, 6) is 1.67. The summed E-state index contributed by atoms with van der Waals surface area (Å²) in [4.78, 5) is 25.3. The molecule has 0 spiro atoms. The van der Waals surface area contributed by atoms with Gasteiger partial charge in [-0.2, -0.15) is 0 Å². The molecule has 1 aromatic heterocycles. The largest absolute Gasteiger partial charge is 0.490 e. The molecule has 1 amide bonds. The fourth-order valence-electron chi connectivity index (χ4n) is 3.62. The lowest BCUT2D eigenvalue weighted by Gasteiger charge is -2.34. The van der Waals surface area contributed by atoms with E-state index in [1.165, 1.54) is 12.8 Å².